The molecule has 1 atom stereocenters. The zero-order chi connectivity index (χ0) is 27.0. The molecule has 0 aromatic heterocycles. The topological polar surface area (TPSA) is 96.0 Å². The van der Waals surface area contributed by atoms with Gasteiger partial charge in [-0.1, -0.05) is 48.0 Å². The first-order chi connectivity index (χ1) is 17.7. The molecule has 0 saturated heterocycles. The quantitative estimate of drug-likeness (QED) is 0.393. The molecular weight excluding hydrogens is 514 g/mol. The standard InChI is InChI=1S/C27H30ClN3O5S/c1-4-29-27(33)20(2)30(18-21-13-15-22(28)16-14-21)26(32)19-31(23-9-8-10-24(17-23)36-3)37(34,35)25-11-6-5-7-12-25/h5-17,20H,4,18-19H2,1-3H3,(H,29,33)/t20-/m1/s1. The van der Waals surface area contributed by atoms with Crippen LogP contribution in [0.4, 0.5) is 5.69 Å². The van der Waals surface area contributed by atoms with Gasteiger partial charge in [-0.05, 0) is 55.8 Å². The highest BCUT2D eigenvalue weighted by Crippen LogP contribution is 2.27. The maximum Gasteiger partial charge on any atom is 0.264 e. The van der Waals surface area contributed by atoms with Crippen LogP contribution in [0, 0.1) is 0 Å². The van der Waals surface area contributed by atoms with E-state index in [1.165, 1.54) is 24.1 Å². The number of carbonyl (C=O) groups is 2. The van der Waals surface area contributed by atoms with Gasteiger partial charge in [0.1, 0.15) is 18.3 Å². The Morgan fingerprint density at radius 2 is 1.68 bits per heavy atom. The van der Waals surface area contributed by atoms with Crippen LogP contribution in [0.25, 0.3) is 0 Å². The molecule has 0 unspecified atom stereocenters. The van der Waals surface area contributed by atoms with Crippen molar-refractivity contribution in [2.45, 2.75) is 31.3 Å². The van der Waals surface area contributed by atoms with E-state index in [-0.39, 0.29) is 23.0 Å². The van der Waals surface area contributed by atoms with E-state index in [9.17, 15) is 18.0 Å². The molecule has 0 aliphatic carbocycles. The largest absolute Gasteiger partial charge is 0.497 e. The fourth-order valence-electron chi connectivity index (χ4n) is 3.71. The molecule has 1 N–H and O–H groups in total. The summed E-state index contributed by atoms with van der Waals surface area (Å²) in [5.41, 5.74) is 1.00. The lowest BCUT2D eigenvalue weighted by molar-refractivity contribution is -0.139. The van der Waals surface area contributed by atoms with Crippen molar-refractivity contribution in [1.29, 1.82) is 0 Å². The molecule has 2 amide bonds. The molecule has 3 rings (SSSR count). The summed E-state index contributed by atoms with van der Waals surface area (Å²) in [5.74, 6) is -0.452. The van der Waals surface area contributed by atoms with Gasteiger partial charge in [-0.25, -0.2) is 8.42 Å². The highest BCUT2D eigenvalue weighted by atomic mass is 35.5. The van der Waals surface area contributed by atoms with Gasteiger partial charge in [0.25, 0.3) is 10.0 Å². The van der Waals surface area contributed by atoms with Crippen LogP contribution >= 0.6 is 11.6 Å². The third-order valence-electron chi connectivity index (χ3n) is 5.74. The van der Waals surface area contributed by atoms with Crippen LogP contribution in [0.5, 0.6) is 5.75 Å². The molecule has 0 saturated carbocycles. The van der Waals surface area contributed by atoms with E-state index in [0.717, 1.165) is 9.87 Å². The third kappa shape index (κ3) is 7.02. The van der Waals surface area contributed by atoms with E-state index < -0.39 is 28.5 Å². The van der Waals surface area contributed by atoms with E-state index in [0.29, 0.717) is 17.3 Å². The van der Waals surface area contributed by atoms with Crippen molar-refractivity contribution in [1.82, 2.24) is 10.2 Å². The Balaban J connectivity index is 2.03. The molecule has 8 nitrogen and oxygen atoms in total. The highest BCUT2D eigenvalue weighted by Gasteiger charge is 2.32. The smallest absolute Gasteiger partial charge is 0.264 e. The molecule has 0 radical (unpaired) electrons. The van der Waals surface area contributed by atoms with Gasteiger partial charge in [0, 0.05) is 24.2 Å². The van der Waals surface area contributed by atoms with Crippen molar-refractivity contribution >= 4 is 39.1 Å². The van der Waals surface area contributed by atoms with Gasteiger partial charge >= 0.3 is 0 Å². The molecule has 10 heteroatoms. The molecule has 0 fully saturated rings. The number of anilines is 1. The molecule has 0 aliphatic heterocycles. The van der Waals surface area contributed by atoms with Gasteiger partial charge in [0.05, 0.1) is 17.7 Å². The number of halogens is 1. The fraction of sp³-hybridized carbons (Fsp3) is 0.259. The lowest BCUT2D eigenvalue weighted by atomic mass is 10.1. The fourth-order valence-corrected chi connectivity index (χ4v) is 5.26. The predicted molar refractivity (Wildman–Crippen MR) is 144 cm³/mol. The van der Waals surface area contributed by atoms with Crippen LogP contribution in [0.1, 0.15) is 19.4 Å². The van der Waals surface area contributed by atoms with Crippen LogP contribution in [0.2, 0.25) is 5.02 Å². The van der Waals surface area contributed by atoms with Crippen LogP contribution < -0.4 is 14.4 Å². The molecule has 196 valence electrons. The number of amides is 2. The minimum atomic E-state index is -4.13. The summed E-state index contributed by atoms with van der Waals surface area (Å²) in [4.78, 5) is 27.9. The Morgan fingerprint density at radius 1 is 1.00 bits per heavy atom. The number of hydrogen-bond donors (Lipinski definition) is 1. The average molecular weight is 544 g/mol. The summed E-state index contributed by atoms with van der Waals surface area (Å²) in [5, 5.41) is 3.27. The second-order valence-corrected chi connectivity index (χ2v) is 10.5. The summed E-state index contributed by atoms with van der Waals surface area (Å²) in [7, 11) is -2.66. The lowest BCUT2D eigenvalue weighted by Gasteiger charge is -2.32. The van der Waals surface area contributed by atoms with Crippen LogP contribution in [-0.4, -0.2) is 51.4 Å². The van der Waals surface area contributed by atoms with Gasteiger partial charge in [0.15, 0.2) is 0 Å². The van der Waals surface area contributed by atoms with E-state index in [1.54, 1.807) is 80.6 Å². The Labute approximate surface area is 222 Å². The van der Waals surface area contributed by atoms with E-state index in [2.05, 4.69) is 5.32 Å². The van der Waals surface area contributed by atoms with Crippen LogP contribution in [0.3, 0.4) is 0 Å². The Morgan fingerprint density at radius 3 is 2.30 bits per heavy atom. The van der Waals surface area contributed by atoms with E-state index >= 15 is 0 Å². The summed E-state index contributed by atoms with van der Waals surface area (Å²) in [6, 6.07) is 20.4. The lowest BCUT2D eigenvalue weighted by Crippen LogP contribution is -2.51. The summed E-state index contributed by atoms with van der Waals surface area (Å²) in [6.45, 7) is 3.35. The Bertz CT molecular complexity index is 1320. The van der Waals surface area contributed by atoms with Gasteiger partial charge in [0.2, 0.25) is 11.8 Å². The summed E-state index contributed by atoms with van der Waals surface area (Å²) < 4.78 is 33.7. The number of benzene rings is 3. The highest BCUT2D eigenvalue weighted by molar-refractivity contribution is 7.92. The minimum Gasteiger partial charge on any atom is -0.497 e. The number of sulfonamides is 1. The van der Waals surface area contributed by atoms with Crippen molar-refractivity contribution < 1.29 is 22.7 Å². The second kappa shape index (κ2) is 12.6. The number of nitrogens with zero attached hydrogens (tertiary/aromatic N) is 2. The molecule has 0 spiro atoms. The zero-order valence-electron chi connectivity index (χ0n) is 20.9. The number of likely N-dealkylation sites (N-methyl/N-ethyl adjacent to an activating group) is 1. The maximum atomic E-state index is 13.8. The molecule has 0 heterocycles. The molecule has 3 aromatic rings. The number of methoxy groups -OCH3 is 1. The first-order valence-corrected chi connectivity index (χ1v) is 13.5. The molecular formula is C27H30ClN3O5S. The minimum absolute atomic E-state index is 0.0339. The number of hydrogen-bond acceptors (Lipinski definition) is 5. The van der Waals surface area contributed by atoms with Crippen LogP contribution in [-0.2, 0) is 26.2 Å². The van der Waals surface area contributed by atoms with Crippen molar-refractivity contribution in [3.63, 3.8) is 0 Å². The van der Waals surface area contributed by atoms with Crippen molar-refractivity contribution in [2.24, 2.45) is 0 Å². The van der Waals surface area contributed by atoms with E-state index in [4.69, 9.17) is 16.3 Å². The van der Waals surface area contributed by atoms with Gasteiger partial charge in [-0.3, -0.25) is 13.9 Å². The molecule has 37 heavy (non-hydrogen) atoms. The molecule has 0 bridgehead atoms. The van der Waals surface area contributed by atoms with Crippen molar-refractivity contribution in [3.05, 3.63) is 89.4 Å². The van der Waals surface area contributed by atoms with Gasteiger partial charge in [-0.2, -0.15) is 0 Å². The molecule has 0 aliphatic rings. The summed E-state index contributed by atoms with van der Waals surface area (Å²) in [6.07, 6.45) is 0. The Hall–Kier alpha value is -3.56. The predicted octanol–water partition coefficient (Wildman–Crippen LogP) is 4.10. The second-order valence-electron chi connectivity index (χ2n) is 8.24. The maximum absolute atomic E-state index is 13.8. The number of rotatable bonds is 11. The SMILES string of the molecule is CCNC(=O)[C@@H](C)N(Cc1ccc(Cl)cc1)C(=O)CN(c1cccc(OC)c1)S(=O)(=O)c1ccccc1. The van der Waals surface area contributed by atoms with Gasteiger partial charge in [-0.15, -0.1) is 0 Å². The van der Waals surface area contributed by atoms with Crippen molar-refractivity contribution in [3.8, 4) is 5.75 Å². The third-order valence-corrected chi connectivity index (χ3v) is 7.78. The summed E-state index contributed by atoms with van der Waals surface area (Å²) >= 11 is 6.01. The van der Waals surface area contributed by atoms with Gasteiger partial charge < -0.3 is 15.0 Å². The first-order valence-electron chi connectivity index (χ1n) is 11.7. The first kappa shape index (κ1) is 28.0. The zero-order valence-corrected chi connectivity index (χ0v) is 22.5. The van der Waals surface area contributed by atoms with Crippen LogP contribution in [0.15, 0.2) is 83.8 Å². The normalized spacial score (nSPS) is 11.9. The molecule has 3 aromatic carbocycles. The Kier molecular flexibility index (Phi) is 9.54. The van der Waals surface area contributed by atoms with Crippen molar-refractivity contribution in [2.75, 3.05) is 24.5 Å². The number of ether oxygens (including phenoxy) is 1. The average Bonchev–Trinajstić information content (AvgIpc) is 2.91. The number of nitrogens with one attached hydrogen (secondary N) is 1. The van der Waals surface area contributed by atoms with E-state index in [1.807, 2.05) is 0 Å². The monoisotopic (exact) mass is 543 g/mol. The number of carbonyl (C=O) groups excluding carboxylic acids is 2.